The van der Waals surface area contributed by atoms with Gasteiger partial charge in [-0.15, -0.1) is 0 Å². The lowest BCUT2D eigenvalue weighted by Gasteiger charge is -2.32. The summed E-state index contributed by atoms with van der Waals surface area (Å²) < 4.78 is 21.5. The highest BCUT2D eigenvalue weighted by atomic mass is 16.5. The predicted octanol–water partition coefficient (Wildman–Crippen LogP) is 3.40. The van der Waals surface area contributed by atoms with Gasteiger partial charge in [-0.25, -0.2) is 9.59 Å². The fourth-order valence-electron chi connectivity index (χ4n) is 4.19. The Morgan fingerprint density at radius 1 is 0.944 bits per heavy atom. The van der Waals surface area contributed by atoms with Crippen molar-refractivity contribution in [2.24, 2.45) is 10.9 Å². The number of rotatable bonds is 8. The Morgan fingerprint density at radius 3 is 2.14 bits per heavy atom. The van der Waals surface area contributed by atoms with Crippen LogP contribution in [0.4, 0.5) is 0 Å². The van der Waals surface area contributed by atoms with Gasteiger partial charge < -0.3 is 29.2 Å². The lowest BCUT2D eigenvalue weighted by molar-refractivity contribution is -0.147. The minimum absolute atomic E-state index is 0.212. The number of carbonyl (C=O) groups is 3. The van der Waals surface area contributed by atoms with Gasteiger partial charge in [-0.05, 0) is 37.6 Å². The van der Waals surface area contributed by atoms with E-state index in [2.05, 4.69) is 4.99 Å². The third-order valence-corrected chi connectivity index (χ3v) is 5.89. The van der Waals surface area contributed by atoms with Crippen molar-refractivity contribution in [3.8, 4) is 17.2 Å². The molecule has 2 aromatic rings. The van der Waals surface area contributed by atoms with Gasteiger partial charge in [0.2, 0.25) is 0 Å². The number of aliphatic hydroxyl groups is 1. The van der Waals surface area contributed by atoms with E-state index in [0.717, 1.165) is 0 Å². The maximum absolute atomic E-state index is 12.8. The van der Waals surface area contributed by atoms with Crippen molar-refractivity contribution >= 4 is 23.6 Å². The Labute approximate surface area is 207 Å². The highest BCUT2D eigenvalue weighted by molar-refractivity contribution is 6.07. The molecule has 0 spiro atoms. The minimum Gasteiger partial charge on any atom is -0.496 e. The maximum atomic E-state index is 12.8. The first-order valence-electron chi connectivity index (χ1n) is 10.9. The SMILES string of the molecule is COC(=O)C1=C(C)N=C(C)C(C(=O)OC)C1c1ccc(Oc2ccc(C(O)C(=O)O)cc2)cc1OC. The number of hydrogen-bond acceptors (Lipinski definition) is 9. The van der Waals surface area contributed by atoms with Crippen LogP contribution in [0.1, 0.15) is 37.0 Å². The minimum atomic E-state index is -1.64. The van der Waals surface area contributed by atoms with E-state index in [1.165, 1.54) is 45.6 Å². The summed E-state index contributed by atoms with van der Waals surface area (Å²) in [6.07, 6.45) is -1.64. The number of aliphatic imine (C=N–C) groups is 1. The molecule has 1 heterocycles. The number of nitrogens with zero attached hydrogens (tertiary/aromatic N) is 1. The number of aliphatic hydroxyl groups excluding tert-OH is 1. The zero-order chi connectivity index (χ0) is 26.6. The van der Waals surface area contributed by atoms with Crippen LogP contribution < -0.4 is 9.47 Å². The first-order chi connectivity index (χ1) is 17.1. The summed E-state index contributed by atoms with van der Waals surface area (Å²) in [7, 11) is 3.98. The second kappa shape index (κ2) is 11.0. The Balaban J connectivity index is 2.01. The number of aliphatic carboxylic acids is 1. The summed E-state index contributed by atoms with van der Waals surface area (Å²) >= 11 is 0. The molecule has 36 heavy (non-hydrogen) atoms. The van der Waals surface area contributed by atoms with E-state index < -0.39 is 35.8 Å². The summed E-state index contributed by atoms with van der Waals surface area (Å²) in [6.45, 7) is 3.37. The fraction of sp³-hybridized carbons (Fsp3) is 0.308. The molecule has 3 rings (SSSR count). The van der Waals surface area contributed by atoms with Crippen LogP contribution in [0.15, 0.2) is 58.7 Å². The first kappa shape index (κ1) is 26.4. The second-order valence-corrected chi connectivity index (χ2v) is 8.04. The molecule has 2 N–H and O–H groups in total. The molecule has 0 radical (unpaired) electrons. The average molecular weight is 498 g/mol. The molecular formula is C26H27NO9. The molecule has 3 atom stereocenters. The summed E-state index contributed by atoms with van der Waals surface area (Å²) in [5.74, 6) is -3.04. The normalized spacial score (nSPS) is 18.1. The summed E-state index contributed by atoms with van der Waals surface area (Å²) in [4.78, 5) is 40.8. The van der Waals surface area contributed by atoms with Gasteiger partial charge in [-0.1, -0.05) is 18.2 Å². The van der Waals surface area contributed by atoms with Crippen LogP contribution in [0.25, 0.3) is 0 Å². The molecule has 190 valence electrons. The highest BCUT2D eigenvalue weighted by Gasteiger charge is 2.43. The van der Waals surface area contributed by atoms with Crippen molar-refractivity contribution in [2.45, 2.75) is 25.9 Å². The molecule has 1 aliphatic heterocycles. The molecule has 0 bridgehead atoms. The molecule has 10 nitrogen and oxygen atoms in total. The number of benzene rings is 2. The number of ether oxygens (including phenoxy) is 4. The van der Waals surface area contributed by atoms with Crippen molar-refractivity contribution in [3.63, 3.8) is 0 Å². The van der Waals surface area contributed by atoms with Gasteiger partial charge in [0.25, 0.3) is 0 Å². The third-order valence-electron chi connectivity index (χ3n) is 5.89. The summed E-state index contributed by atoms with van der Waals surface area (Å²) in [5.41, 5.74) is 1.88. The standard InChI is InChI=1S/C26H27NO9/c1-13-20(25(31)34-4)22(21(14(2)27-13)26(32)35-5)18-11-10-17(12-19(18)33-3)36-16-8-6-15(7-9-16)23(28)24(29)30/h6-12,20,22-23,28H,1-5H3,(H,29,30). The van der Waals surface area contributed by atoms with Crippen LogP contribution in [0.2, 0.25) is 0 Å². The van der Waals surface area contributed by atoms with Crippen LogP contribution in [-0.2, 0) is 23.9 Å². The van der Waals surface area contributed by atoms with E-state index in [0.29, 0.717) is 34.2 Å². The Morgan fingerprint density at radius 2 is 1.58 bits per heavy atom. The van der Waals surface area contributed by atoms with Crippen LogP contribution >= 0.6 is 0 Å². The Bertz CT molecular complexity index is 1230. The molecule has 0 fully saturated rings. The smallest absolute Gasteiger partial charge is 0.337 e. The third kappa shape index (κ3) is 5.23. The molecule has 2 aromatic carbocycles. The van der Waals surface area contributed by atoms with Crippen molar-refractivity contribution in [2.75, 3.05) is 21.3 Å². The lowest BCUT2D eigenvalue weighted by Crippen LogP contribution is -2.36. The van der Waals surface area contributed by atoms with E-state index in [9.17, 15) is 19.5 Å². The highest BCUT2D eigenvalue weighted by Crippen LogP contribution is 2.44. The number of hydrogen-bond donors (Lipinski definition) is 2. The Kier molecular flexibility index (Phi) is 8.11. The van der Waals surface area contributed by atoms with Crippen LogP contribution in [0.5, 0.6) is 17.2 Å². The predicted molar refractivity (Wildman–Crippen MR) is 128 cm³/mol. The van der Waals surface area contributed by atoms with Crippen LogP contribution in [-0.4, -0.2) is 55.2 Å². The first-order valence-corrected chi connectivity index (χ1v) is 10.9. The van der Waals surface area contributed by atoms with E-state index in [4.69, 9.17) is 24.1 Å². The summed E-state index contributed by atoms with van der Waals surface area (Å²) in [5, 5.41) is 18.6. The largest absolute Gasteiger partial charge is 0.496 e. The van der Waals surface area contributed by atoms with Gasteiger partial charge in [0.05, 0.1) is 26.9 Å². The van der Waals surface area contributed by atoms with Crippen LogP contribution in [0.3, 0.4) is 0 Å². The molecule has 0 saturated carbocycles. The Hall–Kier alpha value is -4.18. The van der Waals surface area contributed by atoms with Crippen molar-refractivity contribution in [3.05, 3.63) is 64.9 Å². The number of carboxylic acids is 1. The molecule has 10 heteroatoms. The molecule has 0 aromatic heterocycles. The number of allylic oxidation sites excluding steroid dienone is 1. The molecule has 0 aliphatic carbocycles. The molecule has 0 saturated heterocycles. The molecule has 0 amide bonds. The molecular weight excluding hydrogens is 470 g/mol. The van der Waals surface area contributed by atoms with Gasteiger partial charge in [0.1, 0.15) is 23.2 Å². The van der Waals surface area contributed by atoms with Gasteiger partial charge in [-0.3, -0.25) is 9.79 Å². The quantitative estimate of drug-likeness (QED) is 0.525. The number of methoxy groups -OCH3 is 3. The average Bonchev–Trinajstić information content (AvgIpc) is 2.87. The molecule has 1 aliphatic rings. The number of esters is 2. The zero-order valence-electron chi connectivity index (χ0n) is 20.5. The fourth-order valence-corrected chi connectivity index (χ4v) is 4.19. The van der Waals surface area contributed by atoms with Gasteiger partial charge in [0, 0.05) is 29.0 Å². The molecule has 3 unspecified atom stereocenters. The van der Waals surface area contributed by atoms with Crippen molar-refractivity contribution < 1.29 is 43.5 Å². The van der Waals surface area contributed by atoms with E-state index in [-0.39, 0.29) is 11.1 Å². The van der Waals surface area contributed by atoms with Gasteiger partial charge in [-0.2, -0.15) is 0 Å². The van der Waals surface area contributed by atoms with E-state index >= 15 is 0 Å². The zero-order valence-corrected chi connectivity index (χ0v) is 20.5. The van der Waals surface area contributed by atoms with E-state index in [1.54, 1.807) is 32.0 Å². The number of carbonyl (C=O) groups excluding carboxylic acids is 2. The van der Waals surface area contributed by atoms with E-state index in [1.807, 2.05) is 0 Å². The van der Waals surface area contributed by atoms with Gasteiger partial charge >= 0.3 is 17.9 Å². The maximum Gasteiger partial charge on any atom is 0.337 e. The monoisotopic (exact) mass is 497 g/mol. The van der Waals surface area contributed by atoms with Crippen molar-refractivity contribution in [1.29, 1.82) is 0 Å². The number of carboxylic acid groups (broad SMARTS) is 1. The topological polar surface area (TPSA) is 141 Å². The van der Waals surface area contributed by atoms with Gasteiger partial charge in [0.15, 0.2) is 6.10 Å². The lowest BCUT2D eigenvalue weighted by atomic mass is 9.75. The van der Waals surface area contributed by atoms with Crippen molar-refractivity contribution in [1.82, 2.24) is 0 Å². The van der Waals surface area contributed by atoms with Crippen LogP contribution in [0, 0.1) is 5.92 Å². The second-order valence-electron chi connectivity index (χ2n) is 8.04. The summed E-state index contributed by atoms with van der Waals surface area (Å²) in [6, 6.07) is 10.9.